The van der Waals surface area contributed by atoms with E-state index in [0.29, 0.717) is 11.8 Å². The monoisotopic (exact) mass is 434 g/mol. The van der Waals surface area contributed by atoms with E-state index in [-0.39, 0.29) is 26.7 Å². The molecule has 0 spiro atoms. The molecule has 2 aromatic rings. The molecule has 1 unspecified atom stereocenters. The lowest BCUT2D eigenvalue weighted by Gasteiger charge is -2.12. The minimum atomic E-state index is -4.67. The Kier molecular flexibility index (Phi) is 6.30. The summed E-state index contributed by atoms with van der Waals surface area (Å²) in [6, 6.07) is 1.88. The zero-order valence-electron chi connectivity index (χ0n) is 13.9. The first-order chi connectivity index (χ1) is 12.3. The van der Waals surface area contributed by atoms with Crippen molar-refractivity contribution in [3.63, 3.8) is 0 Å². The topological polar surface area (TPSA) is 34.9 Å². The van der Waals surface area contributed by atoms with Crippen LogP contribution in [0.3, 0.4) is 0 Å². The second kappa shape index (κ2) is 7.82. The van der Waals surface area contributed by atoms with Crippen molar-refractivity contribution in [2.45, 2.75) is 36.0 Å². The lowest BCUT2D eigenvalue weighted by molar-refractivity contribution is -0.106. The molecule has 0 radical (unpaired) electrons. The highest BCUT2D eigenvalue weighted by Crippen LogP contribution is 2.31. The van der Waals surface area contributed by atoms with Gasteiger partial charge in [-0.05, 0) is 31.5 Å². The van der Waals surface area contributed by atoms with Crippen LogP contribution in [-0.2, 0) is 10.8 Å². The summed E-state index contributed by atoms with van der Waals surface area (Å²) in [5, 5.41) is 3.91. The average Bonchev–Trinajstić information content (AvgIpc) is 2.83. The van der Waals surface area contributed by atoms with Crippen molar-refractivity contribution < 1.29 is 34.9 Å². The van der Waals surface area contributed by atoms with Crippen LogP contribution >= 0.6 is 11.8 Å². The molecular weight excluding hydrogens is 421 g/mol. The molecule has 3 nitrogen and oxygen atoms in total. The highest BCUT2D eigenvalue weighted by atomic mass is 32.2. The van der Waals surface area contributed by atoms with E-state index in [4.69, 9.17) is 0 Å². The molecule has 1 atom stereocenters. The van der Waals surface area contributed by atoms with Gasteiger partial charge in [-0.2, -0.15) is 31.4 Å². The molecule has 1 aromatic heterocycles. The number of hydrogen-bond acceptors (Lipinski definition) is 3. The van der Waals surface area contributed by atoms with Gasteiger partial charge < -0.3 is 0 Å². The maximum atomic E-state index is 14.3. The van der Waals surface area contributed by atoms with Gasteiger partial charge in [0.2, 0.25) is 0 Å². The highest BCUT2D eigenvalue weighted by Gasteiger charge is 2.32. The van der Waals surface area contributed by atoms with Gasteiger partial charge in [-0.1, -0.05) is 0 Å². The van der Waals surface area contributed by atoms with E-state index in [1.165, 1.54) is 13.8 Å². The van der Waals surface area contributed by atoms with Gasteiger partial charge in [0.1, 0.15) is 17.3 Å². The van der Waals surface area contributed by atoms with Crippen LogP contribution < -0.4 is 0 Å². The Morgan fingerprint density at radius 3 is 2.30 bits per heavy atom. The predicted molar refractivity (Wildman–Crippen MR) is 87.1 cm³/mol. The van der Waals surface area contributed by atoms with E-state index in [9.17, 15) is 34.9 Å². The van der Waals surface area contributed by atoms with Crippen molar-refractivity contribution in [1.29, 1.82) is 0 Å². The molecule has 1 heterocycles. The lowest BCUT2D eigenvalue weighted by atomic mass is 10.2. The molecule has 27 heavy (non-hydrogen) atoms. The summed E-state index contributed by atoms with van der Waals surface area (Å²) in [5.74, 6) is -3.62. The Morgan fingerprint density at radius 2 is 1.74 bits per heavy atom. The van der Waals surface area contributed by atoms with Gasteiger partial charge in [-0.3, -0.25) is 4.21 Å². The molecule has 0 saturated carbocycles. The first-order valence-corrected chi connectivity index (χ1v) is 9.59. The molecule has 12 heteroatoms. The third-order valence-corrected chi connectivity index (χ3v) is 5.98. The second-order valence-corrected chi connectivity index (χ2v) is 8.04. The smallest absolute Gasteiger partial charge is 0.254 e. The molecule has 1 aromatic carbocycles. The van der Waals surface area contributed by atoms with Crippen LogP contribution in [0.25, 0.3) is 5.69 Å². The largest absolute Gasteiger partial charge is 0.400 e. The van der Waals surface area contributed by atoms with Gasteiger partial charge in [0.25, 0.3) is 0 Å². The van der Waals surface area contributed by atoms with Crippen molar-refractivity contribution in [2.24, 2.45) is 0 Å². The molecule has 2 rings (SSSR count). The Bertz CT molecular complexity index is 859. The van der Waals surface area contributed by atoms with E-state index >= 15 is 0 Å². The first-order valence-electron chi connectivity index (χ1n) is 7.28. The first kappa shape index (κ1) is 21.7. The van der Waals surface area contributed by atoms with Crippen LogP contribution in [0.15, 0.2) is 28.1 Å². The van der Waals surface area contributed by atoms with E-state index in [1.807, 2.05) is 0 Å². The maximum Gasteiger partial charge on any atom is 0.400 e. The summed E-state index contributed by atoms with van der Waals surface area (Å²) in [7, 11) is -2.46. The SMILES string of the molecule is Cc1cc(F)c(-n2cc(SCC(F)(F)F)c(C)n2)cc1S(=O)CC(F)(F)F. The minimum Gasteiger partial charge on any atom is -0.254 e. The van der Waals surface area contributed by atoms with Gasteiger partial charge in [0, 0.05) is 16.0 Å². The van der Waals surface area contributed by atoms with Gasteiger partial charge in [0.15, 0.2) is 0 Å². The zero-order chi connectivity index (χ0) is 20.6. The Labute approximate surface area is 156 Å². The normalized spacial score (nSPS) is 13.8. The molecule has 0 bridgehead atoms. The number of aromatic nitrogens is 2. The van der Waals surface area contributed by atoms with Crippen LogP contribution in [-0.4, -0.2) is 37.8 Å². The van der Waals surface area contributed by atoms with Crippen LogP contribution in [0.4, 0.5) is 30.7 Å². The van der Waals surface area contributed by atoms with E-state index in [2.05, 4.69) is 5.10 Å². The lowest BCUT2D eigenvalue weighted by Crippen LogP contribution is -2.19. The molecule has 0 saturated heterocycles. The third-order valence-electron chi connectivity index (χ3n) is 3.28. The number of benzene rings is 1. The number of aryl methyl sites for hydroxylation is 2. The van der Waals surface area contributed by atoms with Crippen molar-refractivity contribution in [3.05, 3.63) is 35.4 Å². The molecule has 0 amide bonds. The summed E-state index contributed by atoms with van der Waals surface area (Å²) >= 11 is 0.457. The van der Waals surface area contributed by atoms with Crippen molar-refractivity contribution in [3.8, 4) is 5.69 Å². The van der Waals surface area contributed by atoms with E-state index in [0.717, 1.165) is 23.0 Å². The molecule has 0 N–H and O–H groups in total. The van der Waals surface area contributed by atoms with Crippen molar-refractivity contribution in [2.75, 3.05) is 11.5 Å². The Hall–Kier alpha value is -1.56. The van der Waals surface area contributed by atoms with Crippen LogP contribution in [0.5, 0.6) is 0 Å². The summed E-state index contributed by atoms with van der Waals surface area (Å²) in [6.45, 7) is 2.74. The Morgan fingerprint density at radius 1 is 1.11 bits per heavy atom. The summed E-state index contributed by atoms with van der Waals surface area (Å²) in [5.41, 5.74) is -0.0374. The fourth-order valence-corrected chi connectivity index (χ4v) is 4.02. The number of nitrogens with zero attached hydrogens (tertiary/aromatic N) is 2. The van der Waals surface area contributed by atoms with Crippen molar-refractivity contribution in [1.82, 2.24) is 9.78 Å². The average molecular weight is 434 g/mol. The summed E-state index contributed by atoms with van der Waals surface area (Å²) < 4.78 is 102. The van der Waals surface area contributed by atoms with Crippen LogP contribution in [0.2, 0.25) is 0 Å². The fourth-order valence-electron chi connectivity index (χ4n) is 2.16. The quantitative estimate of drug-likeness (QED) is 0.493. The molecule has 0 aliphatic heterocycles. The number of rotatable bonds is 5. The van der Waals surface area contributed by atoms with Gasteiger partial charge in [-0.15, -0.1) is 11.8 Å². The minimum absolute atomic E-state index is 0.0642. The molecule has 0 aliphatic rings. The second-order valence-electron chi connectivity index (χ2n) is 5.60. The van der Waals surface area contributed by atoms with E-state index in [1.54, 1.807) is 0 Å². The number of halogens is 7. The summed E-state index contributed by atoms with van der Waals surface area (Å²) in [6.07, 6.45) is -7.93. The predicted octanol–water partition coefficient (Wildman–Crippen LogP) is 4.95. The highest BCUT2D eigenvalue weighted by molar-refractivity contribution is 7.99. The molecule has 0 aliphatic carbocycles. The summed E-state index contributed by atoms with van der Waals surface area (Å²) in [4.78, 5) is -0.0772. The number of alkyl halides is 6. The van der Waals surface area contributed by atoms with E-state index < -0.39 is 40.5 Å². The molecular formula is C15H13F7N2OS2. The fraction of sp³-hybridized carbons (Fsp3) is 0.400. The van der Waals surface area contributed by atoms with Gasteiger partial charge in [0.05, 0.1) is 22.2 Å². The standard InChI is InChI=1S/C15H13F7N2OS2/c1-8-3-10(16)11(4-13(8)27(25)7-15(20,21)22)24-5-12(9(2)23-24)26-6-14(17,18)19/h3-5H,6-7H2,1-2H3. The molecule has 150 valence electrons. The van der Waals surface area contributed by atoms with Crippen LogP contribution in [0.1, 0.15) is 11.3 Å². The maximum absolute atomic E-state index is 14.3. The van der Waals surface area contributed by atoms with Crippen molar-refractivity contribution >= 4 is 22.6 Å². The van der Waals surface area contributed by atoms with Gasteiger partial charge >= 0.3 is 12.4 Å². The number of hydrogen-bond donors (Lipinski definition) is 0. The number of thioether (sulfide) groups is 1. The third kappa shape index (κ3) is 5.96. The zero-order valence-corrected chi connectivity index (χ0v) is 15.5. The Balaban J connectivity index is 2.39. The molecule has 0 fully saturated rings. The van der Waals surface area contributed by atoms with Crippen LogP contribution in [0, 0.1) is 19.7 Å². The van der Waals surface area contributed by atoms with Gasteiger partial charge in [-0.25, -0.2) is 9.07 Å².